The fraction of sp³-hybridized carbons (Fsp3) is 0.182. The minimum Gasteiger partial charge on any atom is -0.466 e. The summed E-state index contributed by atoms with van der Waals surface area (Å²) in [5, 5.41) is 0.732. The third-order valence-electron chi connectivity index (χ3n) is 2.41. The van der Waals surface area contributed by atoms with E-state index >= 15 is 0 Å². The number of anilines is 1. The number of aromatic nitrogens is 3. The Labute approximate surface area is 97.7 Å². The summed E-state index contributed by atoms with van der Waals surface area (Å²) in [5.74, 6) is -0.0301. The van der Waals surface area contributed by atoms with Gasteiger partial charge in [0, 0.05) is 24.9 Å². The van der Waals surface area contributed by atoms with Gasteiger partial charge in [-0.3, -0.25) is 0 Å². The van der Waals surface area contributed by atoms with Gasteiger partial charge in [-0.1, -0.05) is 0 Å². The first-order valence-electron chi connectivity index (χ1n) is 4.95. The Kier molecular flexibility index (Phi) is 2.78. The van der Waals surface area contributed by atoms with Crippen LogP contribution in [0.1, 0.15) is 5.56 Å². The Hall–Kier alpha value is -2.37. The molecule has 0 aromatic carbocycles. The Bertz CT molecular complexity index is 601. The fourth-order valence-electron chi connectivity index (χ4n) is 1.62. The van der Waals surface area contributed by atoms with Crippen molar-refractivity contribution in [3.05, 3.63) is 24.2 Å². The highest BCUT2D eigenvalue weighted by molar-refractivity contribution is 5.97. The molecule has 88 valence electrons. The number of fused-ring (bicyclic) bond motifs is 1. The van der Waals surface area contributed by atoms with Gasteiger partial charge in [0.1, 0.15) is 17.8 Å². The summed E-state index contributed by atoms with van der Waals surface area (Å²) in [6, 6.07) is 0. The van der Waals surface area contributed by atoms with Gasteiger partial charge in [-0.2, -0.15) is 0 Å². The van der Waals surface area contributed by atoms with Gasteiger partial charge < -0.3 is 15.0 Å². The zero-order valence-corrected chi connectivity index (χ0v) is 9.54. The first kappa shape index (κ1) is 11.1. The Balaban J connectivity index is 2.55. The van der Waals surface area contributed by atoms with Crippen molar-refractivity contribution in [2.75, 3.05) is 12.8 Å². The summed E-state index contributed by atoms with van der Waals surface area (Å²) in [7, 11) is 3.18. The molecule has 0 aliphatic rings. The number of nitrogen functional groups attached to an aromatic ring is 1. The van der Waals surface area contributed by atoms with Gasteiger partial charge >= 0.3 is 5.97 Å². The number of hydrogen-bond acceptors (Lipinski definition) is 5. The molecule has 2 aromatic heterocycles. The highest BCUT2D eigenvalue weighted by Gasteiger charge is 2.09. The molecule has 0 amide bonds. The van der Waals surface area contributed by atoms with E-state index in [1.165, 1.54) is 19.5 Å². The minimum absolute atomic E-state index is 0.389. The van der Waals surface area contributed by atoms with E-state index in [1.54, 1.807) is 6.08 Å². The maximum atomic E-state index is 11.0. The molecule has 0 bridgehead atoms. The predicted octanol–water partition coefficient (Wildman–Crippen LogP) is 0.737. The molecular weight excluding hydrogens is 220 g/mol. The lowest BCUT2D eigenvalue weighted by Gasteiger charge is -1.96. The third-order valence-corrected chi connectivity index (χ3v) is 2.41. The van der Waals surface area contributed by atoms with Crippen molar-refractivity contribution in [3.8, 4) is 0 Å². The summed E-state index contributed by atoms with van der Waals surface area (Å²) >= 11 is 0. The number of nitrogens with zero attached hydrogens (tertiary/aromatic N) is 3. The molecule has 0 aliphatic heterocycles. The molecule has 0 aliphatic carbocycles. The first-order chi connectivity index (χ1) is 8.13. The lowest BCUT2D eigenvalue weighted by Crippen LogP contribution is -1.95. The molecule has 0 atom stereocenters. The molecule has 2 heterocycles. The highest BCUT2D eigenvalue weighted by Crippen LogP contribution is 2.23. The monoisotopic (exact) mass is 232 g/mol. The summed E-state index contributed by atoms with van der Waals surface area (Å²) in [6.45, 7) is 0. The molecular formula is C11H12N4O2. The number of carbonyl (C=O) groups excluding carboxylic acids is 1. The molecule has 0 saturated heterocycles. The average molecular weight is 232 g/mol. The molecule has 0 fully saturated rings. The van der Waals surface area contributed by atoms with Crippen LogP contribution in [0.2, 0.25) is 0 Å². The fourth-order valence-corrected chi connectivity index (χ4v) is 1.62. The van der Waals surface area contributed by atoms with Gasteiger partial charge in [0.25, 0.3) is 0 Å². The summed E-state index contributed by atoms with van der Waals surface area (Å²) < 4.78 is 6.35. The van der Waals surface area contributed by atoms with Crippen molar-refractivity contribution in [2.45, 2.75) is 0 Å². The van der Waals surface area contributed by atoms with Crippen LogP contribution in [0.3, 0.4) is 0 Å². The Morgan fingerprint density at radius 3 is 3.00 bits per heavy atom. The van der Waals surface area contributed by atoms with E-state index in [0.29, 0.717) is 5.82 Å². The van der Waals surface area contributed by atoms with Gasteiger partial charge in [-0.25, -0.2) is 14.8 Å². The number of hydrogen-bond donors (Lipinski definition) is 1. The van der Waals surface area contributed by atoms with Crippen molar-refractivity contribution >= 4 is 28.9 Å². The minimum atomic E-state index is -0.419. The molecule has 0 saturated carbocycles. The van der Waals surface area contributed by atoms with Crippen LogP contribution in [0.5, 0.6) is 0 Å². The van der Waals surface area contributed by atoms with Crippen molar-refractivity contribution in [1.82, 2.24) is 14.5 Å². The van der Waals surface area contributed by atoms with E-state index < -0.39 is 5.97 Å². The molecule has 17 heavy (non-hydrogen) atoms. The molecule has 0 unspecified atom stereocenters. The topological polar surface area (TPSA) is 83.0 Å². The standard InChI is InChI=1S/C11H12N4O2/c1-15-5-7(3-4-8(16)17-2)9-10(12)13-6-14-11(9)15/h3-6H,1-2H3,(H2,12,13,14). The second-order valence-corrected chi connectivity index (χ2v) is 3.51. The molecule has 6 nitrogen and oxygen atoms in total. The highest BCUT2D eigenvalue weighted by atomic mass is 16.5. The smallest absolute Gasteiger partial charge is 0.330 e. The van der Waals surface area contributed by atoms with Crippen LogP contribution in [-0.4, -0.2) is 27.6 Å². The van der Waals surface area contributed by atoms with E-state index in [0.717, 1.165) is 16.6 Å². The second kappa shape index (κ2) is 4.25. The van der Waals surface area contributed by atoms with E-state index in [4.69, 9.17) is 5.73 Å². The number of carbonyl (C=O) groups is 1. The maximum absolute atomic E-state index is 11.0. The summed E-state index contributed by atoms with van der Waals surface area (Å²) in [5.41, 5.74) is 7.30. The first-order valence-corrected chi connectivity index (χ1v) is 4.95. The van der Waals surface area contributed by atoms with Crippen LogP contribution >= 0.6 is 0 Å². The van der Waals surface area contributed by atoms with Gasteiger partial charge in [0.05, 0.1) is 12.5 Å². The third kappa shape index (κ3) is 1.96. The van der Waals surface area contributed by atoms with E-state index in [2.05, 4.69) is 14.7 Å². The van der Waals surface area contributed by atoms with Crippen molar-refractivity contribution < 1.29 is 9.53 Å². The zero-order valence-electron chi connectivity index (χ0n) is 9.54. The van der Waals surface area contributed by atoms with Crippen molar-refractivity contribution in [3.63, 3.8) is 0 Å². The number of nitrogens with two attached hydrogens (primary N) is 1. The van der Waals surface area contributed by atoms with Crippen LogP contribution in [0.4, 0.5) is 5.82 Å². The number of aryl methyl sites for hydroxylation is 1. The number of rotatable bonds is 2. The van der Waals surface area contributed by atoms with Crippen molar-refractivity contribution in [1.29, 1.82) is 0 Å². The lowest BCUT2D eigenvalue weighted by atomic mass is 10.2. The van der Waals surface area contributed by atoms with E-state index in [-0.39, 0.29) is 0 Å². The molecule has 2 N–H and O–H groups in total. The Morgan fingerprint density at radius 1 is 1.53 bits per heavy atom. The van der Waals surface area contributed by atoms with Crippen LogP contribution in [0.25, 0.3) is 17.1 Å². The van der Waals surface area contributed by atoms with Crippen LogP contribution < -0.4 is 5.73 Å². The number of ether oxygens (including phenoxy) is 1. The van der Waals surface area contributed by atoms with E-state index in [9.17, 15) is 4.79 Å². The molecule has 2 rings (SSSR count). The van der Waals surface area contributed by atoms with Gasteiger partial charge in [0.2, 0.25) is 0 Å². The SMILES string of the molecule is COC(=O)C=Cc1cn(C)c2ncnc(N)c12. The van der Waals surface area contributed by atoms with Crippen LogP contribution in [0, 0.1) is 0 Å². The van der Waals surface area contributed by atoms with Gasteiger partial charge in [0.15, 0.2) is 0 Å². The normalized spacial score (nSPS) is 11.2. The molecule has 0 spiro atoms. The van der Waals surface area contributed by atoms with Crippen LogP contribution in [0.15, 0.2) is 18.6 Å². The lowest BCUT2D eigenvalue weighted by molar-refractivity contribution is -0.134. The van der Waals surface area contributed by atoms with Gasteiger partial charge in [-0.15, -0.1) is 0 Å². The second-order valence-electron chi connectivity index (χ2n) is 3.51. The Morgan fingerprint density at radius 2 is 2.29 bits per heavy atom. The summed E-state index contributed by atoms with van der Waals surface area (Å²) in [6.07, 6.45) is 6.20. The predicted molar refractivity (Wildman–Crippen MR) is 64.0 cm³/mol. The zero-order chi connectivity index (χ0) is 12.4. The van der Waals surface area contributed by atoms with E-state index in [1.807, 2.05) is 17.8 Å². The van der Waals surface area contributed by atoms with Crippen LogP contribution in [-0.2, 0) is 16.6 Å². The van der Waals surface area contributed by atoms with Gasteiger partial charge in [-0.05, 0) is 6.08 Å². The average Bonchev–Trinajstić information content (AvgIpc) is 2.65. The number of methoxy groups -OCH3 is 1. The van der Waals surface area contributed by atoms with Crippen molar-refractivity contribution in [2.24, 2.45) is 7.05 Å². The number of esters is 1. The molecule has 6 heteroatoms. The maximum Gasteiger partial charge on any atom is 0.330 e. The molecule has 0 radical (unpaired) electrons. The quantitative estimate of drug-likeness (QED) is 0.609. The molecule has 2 aromatic rings. The summed E-state index contributed by atoms with van der Waals surface area (Å²) in [4.78, 5) is 19.1. The largest absolute Gasteiger partial charge is 0.466 e.